The van der Waals surface area contributed by atoms with Gasteiger partial charge in [-0.25, -0.2) is 4.98 Å². The maximum absolute atomic E-state index is 11.8. The van der Waals surface area contributed by atoms with E-state index in [-0.39, 0.29) is 11.2 Å². The van der Waals surface area contributed by atoms with Crippen molar-refractivity contribution in [2.45, 2.75) is 18.6 Å². The molecule has 5 heteroatoms. The van der Waals surface area contributed by atoms with Crippen molar-refractivity contribution in [3.8, 4) is 5.69 Å². The highest BCUT2D eigenvalue weighted by Gasteiger charge is 2.28. The number of aromatic nitrogens is 2. The molecule has 0 saturated carbocycles. The lowest BCUT2D eigenvalue weighted by molar-refractivity contribution is -0.117. The van der Waals surface area contributed by atoms with Crippen LogP contribution in [0.2, 0.25) is 0 Å². The highest BCUT2D eigenvalue weighted by Crippen LogP contribution is 2.25. The van der Waals surface area contributed by atoms with E-state index >= 15 is 0 Å². The van der Waals surface area contributed by atoms with Crippen molar-refractivity contribution >= 4 is 24.2 Å². The van der Waals surface area contributed by atoms with Gasteiger partial charge in [-0.2, -0.15) is 12.6 Å². The summed E-state index contributed by atoms with van der Waals surface area (Å²) in [5.74, 6) is 1.09. The first kappa shape index (κ1) is 12.3. The van der Waals surface area contributed by atoms with Crippen molar-refractivity contribution < 1.29 is 4.79 Å². The van der Waals surface area contributed by atoms with Crippen LogP contribution < -0.4 is 4.90 Å². The molecule has 2 aromatic rings. The smallest absolute Gasteiger partial charge is 0.228 e. The van der Waals surface area contributed by atoms with Crippen LogP contribution in [0, 0.1) is 6.92 Å². The van der Waals surface area contributed by atoms with Gasteiger partial charge in [-0.3, -0.25) is 4.79 Å². The predicted molar refractivity (Wildman–Crippen MR) is 78.0 cm³/mol. The molecule has 1 aliphatic rings. The Morgan fingerprint density at radius 3 is 2.47 bits per heavy atom. The molecule has 19 heavy (non-hydrogen) atoms. The third-order valence-electron chi connectivity index (χ3n) is 3.37. The van der Waals surface area contributed by atoms with E-state index < -0.39 is 0 Å². The number of nitrogens with zero attached hydrogens (tertiary/aromatic N) is 3. The molecule has 98 valence electrons. The minimum atomic E-state index is 0.142. The molecule has 0 bridgehead atoms. The van der Waals surface area contributed by atoms with Crippen LogP contribution in [0.25, 0.3) is 5.69 Å². The van der Waals surface area contributed by atoms with Gasteiger partial charge < -0.3 is 9.47 Å². The van der Waals surface area contributed by atoms with E-state index in [1.165, 1.54) is 0 Å². The third kappa shape index (κ3) is 2.26. The molecule has 1 aromatic carbocycles. The van der Waals surface area contributed by atoms with Crippen LogP contribution in [0.4, 0.5) is 5.69 Å². The van der Waals surface area contributed by atoms with Gasteiger partial charge in [0, 0.05) is 42.0 Å². The number of amides is 1. The van der Waals surface area contributed by atoms with Gasteiger partial charge in [-0.05, 0) is 31.2 Å². The molecule has 1 atom stereocenters. The minimum Gasteiger partial charge on any atom is -0.311 e. The Morgan fingerprint density at radius 1 is 1.26 bits per heavy atom. The van der Waals surface area contributed by atoms with Crippen LogP contribution in [0.5, 0.6) is 0 Å². The fraction of sp³-hybridized carbons (Fsp3) is 0.286. The molecular formula is C14H15N3OS. The van der Waals surface area contributed by atoms with Gasteiger partial charge in [-0.15, -0.1) is 0 Å². The van der Waals surface area contributed by atoms with Gasteiger partial charge in [0.2, 0.25) is 5.91 Å². The van der Waals surface area contributed by atoms with Gasteiger partial charge in [0.1, 0.15) is 5.82 Å². The zero-order valence-corrected chi connectivity index (χ0v) is 11.5. The zero-order chi connectivity index (χ0) is 13.4. The van der Waals surface area contributed by atoms with Gasteiger partial charge >= 0.3 is 0 Å². The van der Waals surface area contributed by atoms with E-state index in [2.05, 4.69) is 17.6 Å². The lowest BCUT2D eigenvalue weighted by Gasteiger charge is -2.16. The molecule has 0 radical (unpaired) electrons. The molecule has 4 nitrogen and oxygen atoms in total. The average Bonchev–Trinajstić information content (AvgIpc) is 2.96. The molecule has 1 saturated heterocycles. The lowest BCUT2D eigenvalue weighted by Crippen LogP contribution is -2.24. The van der Waals surface area contributed by atoms with Crippen LogP contribution in [0.3, 0.4) is 0 Å². The molecule has 1 aromatic heterocycles. The quantitative estimate of drug-likeness (QED) is 0.852. The highest BCUT2D eigenvalue weighted by molar-refractivity contribution is 7.81. The Morgan fingerprint density at radius 2 is 1.95 bits per heavy atom. The molecule has 0 spiro atoms. The minimum absolute atomic E-state index is 0.142. The second-order valence-corrected chi connectivity index (χ2v) is 5.45. The summed E-state index contributed by atoms with van der Waals surface area (Å²) in [4.78, 5) is 17.8. The van der Waals surface area contributed by atoms with Gasteiger partial charge in [0.15, 0.2) is 0 Å². The topological polar surface area (TPSA) is 38.1 Å². The van der Waals surface area contributed by atoms with Crippen molar-refractivity contribution in [2.24, 2.45) is 0 Å². The Bertz CT molecular complexity index is 605. The summed E-state index contributed by atoms with van der Waals surface area (Å²) in [6, 6.07) is 7.95. The number of rotatable bonds is 2. The molecule has 1 aliphatic heterocycles. The summed E-state index contributed by atoms with van der Waals surface area (Å²) in [7, 11) is 0. The van der Waals surface area contributed by atoms with Crippen molar-refractivity contribution in [3.63, 3.8) is 0 Å². The number of carbonyl (C=O) groups excluding carboxylic acids is 1. The molecule has 0 aliphatic carbocycles. The number of anilines is 1. The monoisotopic (exact) mass is 273 g/mol. The van der Waals surface area contributed by atoms with Crippen molar-refractivity contribution in [2.75, 3.05) is 11.4 Å². The van der Waals surface area contributed by atoms with E-state index in [1.807, 2.05) is 42.0 Å². The summed E-state index contributed by atoms with van der Waals surface area (Å²) in [6.45, 7) is 2.65. The summed E-state index contributed by atoms with van der Waals surface area (Å²) in [5.41, 5.74) is 1.98. The van der Waals surface area contributed by atoms with Crippen molar-refractivity contribution in [1.29, 1.82) is 0 Å². The van der Waals surface area contributed by atoms with Crippen LogP contribution in [-0.4, -0.2) is 27.3 Å². The number of carbonyl (C=O) groups is 1. The number of hydrogen-bond acceptors (Lipinski definition) is 3. The number of aryl methyl sites for hydroxylation is 1. The van der Waals surface area contributed by atoms with Crippen LogP contribution in [-0.2, 0) is 4.79 Å². The Labute approximate surface area is 117 Å². The first-order valence-corrected chi connectivity index (χ1v) is 6.75. The van der Waals surface area contributed by atoms with Crippen molar-refractivity contribution in [1.82, 2.24) is 9.55 Å². The second kappa shape index (κ2) is 4.74. The maximum Gasteiger partial charge on any atom is 0.228 e. The second-order valence-electron chi connectivity index (χ2n) is 4.72. The van der Waals surface area contributed by atoms with Crippen molar-refractivity contribution in [3.05, 3.63) is 42.5 Å². The fourth-order valence-electron chi connectivity index (χ4n) is 2.38. The Balaban J connectivity index is 1.87. The predicted octanol–water partition coefficient (Wildman–Crippen LogP) is 2.22. The fourth-order valence-corrected chi connectivity index (χ4v) is 2.70. The highest BCUT2D eigenvalue weighted by atomic mass is 32.1. The third-order valence-corrected chi connectivity index (χ3v) is 3.72. The number of benzene rings is 1. The summed E-state index contributed by atoms with van der Waals surface area (Å²) in [6.07, 6.45) is 4.22. The molecule has 2 heterocycles. The first-order valence-electron chi connectivity index (χ1n) is 6.24. The largest absolute Gasteiger partial charge is 0.311 e. The first-order chi connectivity index (χ1) is 9.15. The van der Waals surface area contributed by atoms with Gasteiger partial charge in [0.05, 0.1) is 0 Å². The molecule has 0 N–H and O–H groups in total. The SMILES string of the molecule is Cc1nccn1-c1ccc(N2CC(S)CC2=O)cc1. The molecular weight excluding hydrogens is 258 g/mol. The zero-order valence-electron chi connectivity index (χ0n) is 10.7. The van der Waals surface area contributed by atoms with E-state index in [0.717, 1.165) is 17.2 Å². The summed E-state index contributed by atoms with van der Waals surface area (Å²) in [5, 5.41) is 0.142. The lowest BCUT2D eigenvalue weighted by atomic mass is 10.2. The molecule has 1 fully saturated rings. The van der Waals surface area contributed by atoms with E-state index in [0.29, 0.717) is 13.0 Å². The number of thiol groups is 1. The Hall–Kier alpha value is -1.75. The van der Waals surface area contributed by atoms with Crippen LogP contribution >= 0.6 is 12.6 Å². The van der Waals surface area contributed by atoms with Gasteiger partial charge in [0.25, 0.3) is 0 Å². The van der Waals surface area contributed by atoms with Crippen LogP contribution in [0.15, 0.2) is 36.7 Å². The van der Waals surface area contributed by atoms with E-state index in [9.17, 15) is 4.79 Å². The maximum atomic E-state index is 11.8. The average molecular weight is 273 g/mol. The standard InChI is InChI=1S/C14H15N3OS/c1-10-15-6-7-16(10)11-2-4-12(5-3-11)17-9-13(19)8-14(17)18/h2-7,13,19H,8-9H2,1H3. The van der Waals surface area contributed by atoms with E-state index in [4.69, 9.17) is 0 Å². The molecule has 1 amide bonds. The number of hydrogen-bond donors (Lipinski definition) is 1. The number of imidazole rings is 1. The summed E-state index contributed by atoms with van der Waals surface area (Å²) < 4.78 is 2.01. The van der Waals surface area contributed by atoms with E-state index in [1.54, 1.807) is 11.1 Å². The summed E-state index contributed by atoms with van der Waals surface area (Å²) >= 11 is 4.37. The molecule has 3 rings (SSSR count). The van der Waals surface area contributed by atoms with Crippen LogP contribution in [0.1, 0.15) is 12.2 Å². The van der Waals surface area contributed by atoms with Gasteiger partial charge in [-0.1, -0.05) is 0 Å². The Kier molecular flexibility index (Phi) is 3.06. The normalized spacial score (nSPS) is 19.2. The molecule has 1 unspecified atom stereocenters.